The molecular formula is C14H7F3N4O. The van der Waals surface area contributed by atoms with E-state index in [1.807, 2.05) is 0 Å². The van der Waals surface area contributed by atoms with Crippen LogP contribution >= 0.6 is 0 Å². The predicted molar refractivity (Wildman–Crippen MR) is 71.3 cm³/mol. The van der Waals surface area contributed by atoms with Crippen LogP contribution < -0.4 is 11.3 Å². The lowest BCUT2D eigenvalue weighted by molar-refractivity contribution is 0.151. The van der Waals surface area contributed by atoms with E-state index in [1.165, 1.54) is 6.07 Å². The molecule has 0 aliphatic heterocycles. The van der Waals surface area contributed by atoms with Crippen molar-refractivity contribution in [1.82, 2.24) is 4.98 Å². The van der Waals surface area contributed by atoms with Crippen molar-refractivity contribution in [3.63, 3.8) is 0 Å². The number of hydrogen-bond acceptors (Lipinski definition) is 4. The summed E-state index contributed by atoms with van der Waals surface area (Å²) in [6.07, 6.45) is -3.07. The molecule has 0 unspecified atom stereocenters. The highest BCUT2D eigenvalue weighted by atomic mass is 19.3. The lowest BCUT2D eigenvalue weighted by Crippen LogP contribution is -2.17. The zero-order valence-corrected chi connectivity index (χ0v) is 10.8. The maximum Gasteiger partial charge on any atom is 0.268 e. The predicted octanol–water partition coefficient (Wildman–Crippen LogP) is 2.44. The van der Waals surface area contributed by atoms with Gasteiger partial charge in [-0.25, -0.2) is 13.2 Å². The first-order valence-corrected chi connectivity index (χ1v) is 5.85. The number of pyridine rings is 1. The molecule has 0 amide bonds. The summed E-state index contributed by atoms with van der Waals surface area (Å²) in [4.78, 5) is 13.8. The molecule has 8 heteroatoms. The summed E-state index contributed by atoms with van der Waals surface area (Å²) in [7, 11) is 0. The summed E-state index contributed by atoms with van der Waals surface area (Å²) in [5, 5.41) is 18.2. The summed E-state index contributed by atoms with van der Waals surface area (Å²) < 4.78 is 40.3. The van der Waals surface area contributed by atoms with E-state index in [0.29, 0.717) is 0 Å². The van der Waals surface area contributed by atoms with Crippen molar-refractivity contribution in [3.05, 3.63) is 51.1 Å². The highest BCUT2D eigenvalue weighted by Crippen LogP contribution is 2.37. The number of rotatable bonds is 2. The molecule has 0 spiro atoms. The fourth-order valence-corrected chi connectivity index (χ4v) is 2.08. The number of H-pyrrole nitrogens is 1. The maximum atomic E-state index is 14.1. The Kier molecular flexibility index (Phi) is 3.87. The Morgan fingerprint density at radius 2 is 1.77 bits per heavy atom. The van der Waals surface area contributed by atoms with Crippen LogP contribution in [0.2, 0.25) is 0 Å². The first-order chi connectivity index (χ1) is 10.4. The average molecular weight is 304 g/mol. The fourth-order valence-electron chi connectivity index (χ4n) is 2.08. The molecule has 0 saturated heterocycles. The van der Waals surface area contributed by atoms with Crippen LogP contribution in [0.25, 0.3) is 11.1 Å². The number of benzene rings is 1. The van der Waals surface area contributed by atoms with Crippen LogP contribution in [0.3, 0.4) is 0 Å². The number of anilines is 1. The number of halogens is 3. The molecule has 3 N–H and O–H groups in total. The van der Waals surface area contributed by atoms with E-state index in [1.54, 1.807) is 6.07 Å². The molecule has 2 aromatic rings. The van der Waals surface area contributed by atoms with E-state index >= 15 is 0 Å². The third-order valence-corrected chi connectivity index (χ3v) is 3.00. The second-order valence-corrected chi connectivity index (χ2v) is 4.22. The van der Waals surface area contributed by atoms with Gasteiger partial charge in [0.15, 0.2) is 0 Å². The molecule has 0 atom stereocenters. The summed E-state index contributed by atoms with van der Waals surface area (Å²) in [5.74, 6) is -1.51. The van der Waals surface area contributed by atoms with Gasteiger partial charge in [-0.05, 0) is 6.07 Å². The summed E-state index contributed by atoms with van der Waals surface area (Å²) in [5.41, 5.74) is 1.44. The molecule has 5 nitrogen and oxygen atoms in total. The number of nitrogens with one attached hydrogen (secondary N) is 1. The average Bonchev–Trinajstić information content (AvgIpc) is 2.46. The number of nitriles is 2. The minimum Gasteiger partial charge on any atom is -0.384 e. The quantitative estimate of drug-likeness (QED) is 0.888. The third kappa shape index (κ3) is 2.27. The molecule has 0 saturated carbocycles. The summed E-state index contributed by atoms with van der Waals surface area (Å²) >= 11 is 0. The highest BCUT2D eigenvalue weighted by molar-refractivity contribution is 5.82. The van der Waals surface area contributed by atoms with Gasteiger partial charge in [-0.2, -0.15) is 10.5 Å². The van der Waals surface area contributed by atoms with Gasteiger partial charge in [-0.3, -0.25) is 4.79 Å². The third-order valence-electron chi connectivity index (χ3n) is 3.00. The van der Waals surface area contributed by atoms with E-state index in [4.69, 9.17) is 16.3 Å². The normalized spacial score (nSPS) is 10.3. The summed E-state index contributed by atoms with van der Waals surface area (Å²) in [6.45, 7) is 0. The smallest absolute Gasteiger partial charge is 0.268 e. The Hall–Kier alpha value is -3.26. The number of aromatic nitrogens is 1. The number of alkyl halides is 2. The Morgan fingerprint density at radius 1 is 1.14 bits per heavy atom. The van der Waals surface area contributed by atoms with Crippen molar-refractivity contribution in [2.75, 3.05) is 5.73 Å². The number of nitrogens with zero attached hydrogens (tertiary/aromatic N) is 2. The largest absolute Gasteiger partial charge is 0.384 e. The molecule has 110 valence electrons. The van der Waals surface area contributed by atoms with Gasteiger partial charge in [0, 0.05) is 16.7 Å². The van der Waals surface area contributed by atoms with Gasteiger partial charge >= 0.3 is 0 Å². The Balaban J connectivity index is 3.06. The van der Waals surface area contributed by atoms with Crippen molar-refractivity contribution < 1.29 is 13.2 Å². The van der Waals surface area contributed by atoms with Crippen LogP contribution in [-0.4, -0.2) is 4.98 Å². The molecule has 0 aliphatic carbocycles. The molecule has 22 heavy (non-hydrogen) atoms. The fraction of sp³-hybridized carbons (Fsp3) is 0.0714. The number of nitrogen functional groups attached to an aromatic ring is 1. The molecule has 1 aromatic carbocycles. The van der Waals surface area contributed by atoms with Crippen LogP contribution in [0.1, 0.15) is 23.1 Å². The molecule has 0 fully saturated rings. The van der Waals surface area contributed by atoms with Gasteiger partial charge in [-0.1, -0.05) is 12.1 Å². The minimum atomic E-state index is -3.07. The van der Waals surface area contributed by atoms with Crippen LogP contribution in [0.5, 0.6) is 0 Å². The van der Waals surface area contributed by atoms with Crippen molar-refractivity contribution in [3.8, 4) is 23.3 Å². The monoisotopic (exact) mass is 304 g/mol. The van der Waals surface area contributed by atoms with Gasteiger partial charge in [0.25, 0.3) is 12.0 Å². The second kappa shape index (κ2) is 5.62. The molecule has 1 heterocycles. The molecule has 2 rings (SSSR count). The first kappa shape index (κ1) is 15.1. The van der Waals surface area contributed by atoms with E-state index in [-0.39, 0.29) is 0 Å². The van der Waals surface area contributed by atoms with Crippen LogP contribution in [-0.2, 0) is 0 Å². The standard InChI is InChI=1S/C14H7F3N4O/c15-9-3-1-2-6(12(16)17)11(9)10-7(4-18)13(20)21-14(22)8(10)5-19/h1-3,12H,(H3,20,21,22). The van der Waals surface area contributed by atoms with Crippen molar-refractivity contribution in [2.24, 2.45) is 0 Å². The zero-order chi connectivity index (χ0) is 16.4. The SMILES string of the molecule is N#Cc1c(N)[nH]c(=O)c(C#N)c1-c1c(F)cccc1C(F)F. The molecule has 0 aliphatic rings. The van der Waals surface area contributed by atoms with Gasteiger partial charge < -0.3 is 10.7 Å². The van der Waals surface area contributed by atoms with Crippen molar-refractivity contribution in [1.29, 1.82) is 10.5 Å². The van der Waals surface area contributed by atoms with Gasteiger partial charge in [0.1, 0.15) is 34.9 Å². The van der Waals surface area contributed by atoms with Crippen LogP contribution in [0.15, 0.2) is 23.0 Å². The van der Waals surface area contributed by atoms with E-state index in [9.17, 15) is 18.0 Å². The van der Waals surface area contributed by atoms with E-state index < -0.39 is 51.4 Å². The van der Waals surface area contributed by atoms with Crippen LogP contribution in [0.4, 0.5) is 19.0 Å². The topological polar surface area (TPSA) is 106 Å². The molecule has 1 aromatic heterocycles. The summed E-state index contributed by atoms with van der Waals surface area (Å²) in [6, 6.07) is 6.00. The number of hydrogen-bond donors (Lipinski definition) is 2. The van der Waals surface area contributed by atoms with Crippen molar-refractivity contribution in [2.45, 2.75) is 6.43 Å². The Labute approximate surface area is 122 Å². The van der Waals surface area contributed by atoms with Gasteiger partial charge in [-0.15, -0.1) is 0 Å². The van der Waals surface area contributed by atoms with Crippen molar-refractivity contribution >= 4 is 5.82 Å². The van der Waals surface area contributed by atoms with Gasteiger partial charge in [0.2, 0.25) is 0 Å². The lowest BCUT2D eigenvalue weighted by Gasteiger charge is -2.13. The highest BCUT2D eigenvalue weighted by Gasteiger charge is 2.26. The molecule has 0 radical (unpaired) electrons. The van der Waals surface area contributed by atoms with Crippen LogP contribution in [0, 0.1) is 28.5 Å². The van der Waals surface area contributed by atoms with E-state index in [0.717, 1.165) is 18.2 Å². The number of nitrogens with two attached hydrogens (primary N) is 1. The maximum absolute atomic E-state index is 14.1. The number of aromatic amines is 1. The van der Waals surface area contributed by atoms with Gasteiger partial charge in [0.05, 0.1) is 0 Å². The van der Waals surface area contributed by atoms with E-state index in [2.05, 4.69) is 4.98 Å². The zero-order valence-electron chi connectivity index (χ0n) is 10.8. The first-order valence-electron chi connectivity index (χ1n) is 5.85. The minimum absolute atomic E-state index is 0.426. The Bertz CT molecular complexity index is 891. The lowest BCUT2D eigenvalue weighted by atomic mass is 9.92. The molecule has 0 bridgehead atoms. The molecular weight excluding hydrogens is 297 g/mol. The Morgan fingerprint density at radius 3 is 2.32 bits per heavy atom. The second-order valence-electron chi connectivity index (χ2n) is 4.22.